The Morgan fingerprint density at radius 1 is 1.33 bits per heavy atom. The number of hydrogen-bond acceptors (Lipinski definition) is 2. The third-order valence-electron chi connectivity index (χ3n) is 2.57. The zero-order valence-electron chi connectivity index (χ0n) is 9.48. The van der Waals surface area contributed by atoms with Gasteiger partial charge in [0.1, 0.15) is 5.82 Å². The van der Waals surface area contributed by atoms with E-state index in [1.807, 2.05) is 0 Å². The molecule has 2 aromatic rings. The van der Waals surface area contributed by atoms with Crippen LogP contribution in [0.5, 0.6) is 0 Å². The molecule has 0 radical (unpaired) electrons. The van der Waals surface area contributed by atoms with Crippen molar-refractivity contribution < 1.29 is 9.18 Å². The van der Waals surface area contributed by atoms with Gasteiger partial charge in [-0.3, -0.25) is 9.59 Å². The van der Waals surface area contributed by atoms with Crippen LogP contribution in [-0.4, -0.2) is 9.81 Å². The molecule has 2 rings (SSSR count). The topological polar surface area (TPSA) is 39.1 Å². The Morgan fingerprint density at radius 2 is 2.00 bits per heavy atom. The van der Waals surface area contributed by atoms with Crippen molar-refractivity contribution in [2.45, 2.75) is 6.92 Å². The van der Waals surface area contributed by atoms with E-state index in [9.17, 15) is 14.0 Å². The third-order valence-corrected chi connectivity index (χ3v) is 2.77. The maximum atomic E-state index is 13.7. The lowest BCUT2D eigenvalue weighted by atomic mass is 10.2. The molecule has 0 atom stereocenters. The van der Waals surface area contributed by atoms with E-state index in [-0.39, 0.29) is 11.3 Å². The molecule has 0 bridgehead atoms. The molecule has 0 saturated heterocycles. The van der Waals surface area contributed by atoms with Crippen LogP contribution in [-0.2, 0) is 0 Å². The number of aromatic nitrogens is 1. The maximum absolute atomic E-state index is 13.7. The molecule has 0 aliphatic carbocycles. The maximum Gasteiger partial charge on any atom is 0.257 e. The zero-order chi connectivity index (χ0) is 13.3. The van der Waals surface area contributed by atoms with Crippen LogP contribution in [0, 0.1) is 12.7 Å². The normalized spacial score (nSPS) is 10.4. The second-order valence-corrected chi connectivity index (χ2v) is 4.13. The summed E-state index contributed by atoms with van der Waals surface area (Å²) in [5, 5.41) is -0.856. The monoisotopic (exact) mass is 265 g/mol. The molecule has 1 aromatic heterocycles. The van der Waals surface area contributed by atoms with E-state index in [2.05, 4.69) is 0 Å². The summed E-state index contributed by atoms with van der Waals surface area (Å²) >= 11 is 5.31. The Balaban J connectivity index is 2.73. The highest BCUT2D eigenvalue weighted by Crippen LogP contribution is 2.15. The number of nitrogens with zero attached hydrogens (tertiary/aromatic N) is 1. The Kier molecular flexibility index (Phi) is 3.30. The lowest BCUT2D eigenvalue weighted by Crippen LogP contribution is -2.16. The summed E-state index contributed by atoms with van der Waals surface area (Å²) in [6.45, 7) is 1.65. The summed E-state index contributed by atoms with van der Waals surface area (Å²) in [6.07, 6.45) is 1.26. The average Bonchev–Trinajstić information content (AvgIpc) is 2.30. The molecule has 0 saturated carbocycles. The molecule has 0 aliphatic rings. The van der Waals surface area contributed by atoms with Gasteiger partial charge in [-0.25, -0.2) is 4.39 Å². The first-order valence-corrected chi connectivity index (χ1v) is 5.56. The highest BCUT2D eigenvalue weighted by Gasteiger charge is 2.12. The molecular weight excluding hydrogens is 257 g/mol. The van der Waals surface area contributed by atoms with Crippen molar-refractivity contribution in [3.8, 4) is 5.69 Å². The van der Waals surface area contributed by atoms with Crippen molar-refractivity contribution in [3.05, 3.63) is 63.8 Å². The average molecular weight is 266 g/mol. The fraction of sp³-hybridized carbons (Fsp3) is 0.0769. The standard InChI is InChI=1S/C13H9ClFNO2/c1-8-6-12(17)9(13(14)18)7-16(8)11-5-3-2-4-10(11)15/h2-7H,1H3. The van der Waals surface area contributed by atoms with Gasteiger partial charge in [0.15, 0.2) is 5.43 Å². The van der Waals surface area contributed by atoms with Crippen molar-refractivity contribution in [3.63, 3.8) is 0 Å². The molecule has 0 unspecified atom stereocenters. The summed E-state index contributed by atoms with van der Waals surface area (Å²) in [4.78, 5) is 22.6. The highest BCUT2D eigenvalue weighted by atomic mass is 35.5. The van der Waals surface area contributed by atoms with E-state index in [0.29, 0.717) is 5.69 Å². The van der Waals surface area contributed by atoms with Gasteiger partial charge in [0.25, 0.3) is 5.24 Å². The van der Waals surface area contributed by atoms with Gasteiger partial charge in [-0.1, -0.05) is 12.1 Å². The molecule has 0 aliphatic heterocycles. The van der Waals surface area contributed by atoms with Gasteiger partial charge in [-0.05, 0) is 30.7 Å². The van der Waals surface area contributed by atoms with E-state index in [4.69, 9.17) is 11.6 Å². The summed E-state index contributed by atoms with van der Waals surface area (Å²) in [5.74, 6) is -0.447. The van der Waals surface area contributed by atoms with Crippen LogP contribution in [0.15, 0.2) is 41.3 Å². The molecule has 1 heterocycles. The lowest BCUT2D eigenvalue weighted by Gasteiger charge is -2.12. The fourth-order valence-corrected chi connectivity index (χ4v) is 1.83. The van der Waals surface area contributed by atoms with Gasteiger partial charge in [-0.2, -0.15) is 0 Å². The molecule has 0 fully saturated rings. The van der Waals surface area contributed by atoms with Crippen LogP contribution in [0.1, 0.15) is 16.1 Å². The highest BCUT2D eigenvalue weighted by molar-refractivity contribution is 6.67. The Hall–Kier alpha value is -1.94. The van der Waals surface area contributed by atoms with Crippen molar-refractivity contribution in [1.82, 2.24) is 4.57 Å². The van der Waals surface area contributed by atoms with Crippen LogP contribution >= 0.6 is 11.6 Å². The van der Waals surface area contributed by atoms with Gasteiger partial charge in [0.05, 0.1) is 11.3 Å². The SMILES string of the molecule is Cc1cc(=O)c(C(=O)Cl)cn1-c1ccccc1F. The molecule has 1 aromatic carbocycles. The second kappa shape index (κ2) is 4.74. The Labute approximate surface area is 107 Å². The van der Waals surface area contributed by atoms with Crippen LogP contribution in [0.4, 0.5) is 4.39 Å². The van der Waals surface area contributed by atoms with Gasteiger partial charge in [0.2, 0.25) is 0 Å². The van der Waals surface area contributed by atoms with E-state index in [0.717, 1.165) is 0 Å². The number of para-hydroxylation sites is 1. The third kappa shape index (κ3) is 2.19. The summed E-state index contributed by atoms with van der Waals surface area (Å²) in [7, 11) is 0. The minimum atomic E-state index is -0.856. The quantitative estimate of drug-likeness (QED) is 0.783. The fourth-order valence-electron chi connectivity index (χ4n) is 1.69. The molecule has 0 amide bonds. The Bertz CT molecular complexity index is 679. The predicted molar refractivity (Wildman–Crippen MR) is 66.9 cm³/mol. The minimum Gasteiger partial charge on any atom is -0.317 e. The van der Waals surface area contributed by atoms with Crippen molar-refractivity contribution in [1.29, 1.82) is 0 Å². The van der Waals surface area contributed by atoms with Gasteiger partial charge < -0.3 is 4.57 Å². The molecule has 0 N–H and O–H groups in total. The van der Waals surface area contributed by atoms with E-state index < -0.39 is 16.5 Å². The smallest absolute Gasteiger partial charge is 0.257 e. The van der Waals surface area contributed by atoms with Crippen molar-refractivity contribution in [2.75, 3.05) is 0 Å². The van der Waals surface area contributed by atoms with Crippen LogP contribution < -0.4 is 5.43 Å². The summed E-state index contributed by atoms with van der Waals surface area (Å²) in [5.41, 5.74) is 0.131. The first-order chi connectivity index (χ1) is 8.50. The first kappa shape index (κ1) is 12.5. The van der Waals surface area contributed by atoms with Gasteiger partial charge in [0, 0.05) is 18.0 Å². The minimum absolute atomic E-state index is 0.175. The van der Waals surface area contributed by atoms with E-state index in [1.54, 1.807) is 25.1 Å². The molecule has 92 valence electrons. The molecular formula is C13H9ClFNO2. The number of halogens is 2. The molecule has 5 heteroatoms. The number of benzene rings is 1. The van der Waals surface area contributed by atoms with E-state index >= 15 is 0 Å². The number of carbonyl (C=O) groups excluding carboxylic acids is 1. The summed E-state index contributed by atoms with van der Waals surface area (Å²) < 4.78 is 15.1. The second-order valence-electron chi connectivity index (χ2n) is 3.79. The largest absolute Gasteiger partial charge is 0.317 e. The zero-order valence-corrected chi connectivity index (χ0v) is 10.2. The molecule has 0 spiro atoms. The van der Waals surface area contributed by atoms with Crippen LogP contribution in [0.3, 0.4) is 0 Å². The lowest BCUT2D eigenvalue weighted by molar-refractivity contribution is 0.108. The first-order valence-electron chi connectivity index (χ1n) is 5.19. The predicted octanol–water partition coefficient (Wildman–Crippen LogP) is 2.66. The molecule has 18 heavy (non-hydrogen) atoms. The van der Waals surface area contributed by atoms with Crippen molar-refractivity contribution in [2.24, 2.45) is 0 Å². The Morgan fingerprint density at radius 3 is 2.61 bits per heavy atom. The van der Waals surface area contributed by atoms with Gasteiger partial charge >= 0.3 is 0 Å². The van der Waals surface area contributed by atoms with Gasteiger partial charge in [-0.15, -0.1) is 0 Å². The number of carbonyl (C=O) groups is 1. The summed E-state index contributed by atoms with van der Waals surface area (Å²) in [6, 6.07) is 7.33. The van der Waals surface area contributed by atoms with E-state index in [1.165, 1.54) is 22.9 Å². The van der Waals surface area contributed by atoms with Crippen LogP contribution in [0.25, 0.3) is 5.69 Å². The number of aryl methyl sites for hydroxylation is 1. The molecule has 3 nitrogen and oxygen atoms in total. The number of rotatable bonds is 2. The van der Waals surface area contributed by atoms with Crippen molar-refractivity contribution >= 4 is 16.8 Å². The number of pyridine rings is 1. The van der Waals surface area contributed by atoms with Crippen LogP contribution in [0.2, 0.25) is 0 Å². The number of hydrogen-bond donors (Lipinski definition) is 0.